The van der Waals surface area contributed by atoms with Crippen molar-refractivity contribution in [1.29, 1.82) is 0 Å². The number of hydrogen-bond acceptors (Lipinski definition) is 5. The molecule has 2 atom stereocenters. The molecule has 1 fully saturated rings. The van der Waals surface area contributed by atoms with Crippen LogP contribution in [0, 0.1) is 5.92 Å². The van der Waals surface area contributed by atoms with Crippen LogP contribution in [-0.2, 0) is 11.2 Å². The summed E-state index contributed by atoms with van der Waals surface area (Å²) in [5, 5.41) is 3.42. The summed E-state index contributed by atoms with van der Waals surface area (Å²) < 4.78 is 5.22. The lowest BCUT2D eigenvalue weighted by molar-refractivity contribution is 0.177. The summed E-state index contributed by atoms with van der Waals surface area (Å²) >= 11 is 0. The minimum absolute atomic E-state index is 0.00227. The van der Waals surface area contributed by atoms with Crippen molar-refractivity contribution < 1.29 is 9.53 Å². The monoisotopic (exact) mass is 338 g/mol. The lowest BCUT2D eigenvalue weighted by atomic mass is 10.0. The van der Waals surface area contributed by atoms with Gasteiger partial charge < -0.3 is 10.1 Å². The fourth-order valence-electron chi connectivity index (χ4n) is 3.61. The van der Waals surface area contributed by atoms with Crippen LogP contribution in [0.4, 0.5) is 16.6 Å². The zero-order chi connectivity index (χ0) is 17.4. The van der Waals surface area contributed by atoms with E-state index >= 15 is 0 Å². The summed E-state index contributed by atoms with van der Waals surface area (Å²) in [6.07, 6.45) is 3.43. The summed E-state index contributed by atoms with van der Waals surface area (Å²) in [7, 11) is 0. The molecule has 0 radical (unpaired) electrons. The SMILES string of the molecule is CC(C)[C@H]1COC(=O)N1c1ccnc(N[C@@H]2CCc3ccccc32)n1. The highest BCUT2D eigenvalue weighted by Gasteiger charge is 2.37. The number of fused-ring (bicyclic) bond motifs is 1. The number of ether oxygens (including phenoxy) is 1. The molecule has 2 heterocycles. The molecule has 2 aromatic rings. The molecule has 1 aromatic carbocycles. The summed E-state index contributed by atoms with van der Waals surface area (Å²) in [5.41, 5.74) is 2.68. The van der Waals surface area contributed by atoms with Crippen LogP contribution in [0.25, 0.3) is 0 Å². The van der Waals surface area contributed by atoms with Crippen LogP contribution in [0.1, 0.15) is 37.4 Å². The maximum atomic E-state index is 12.1. The number of nitrogens with one attached hydrogen (secondary N) is 1. The molecule has 1 N–H and O–H groups in total. The summed E-state index contributed by atoms with van der Waals surface area (Å²) in [5.74, 6) is 1.42. The lowest BCUT2D eigenvalue weighted by Gasteiger charge is -2.23. The van der Waals surface area contributed by atoms with Gasteiger partial charge in [-0.2, -0.15) is 4.98 Å². The van der Waals surface area contributed by atoms with Crippen LogP contribution in [-0.4, -0.2) is 28.7 Å². The number of carbonyl (C=O) groups excluding carboxylic acids is 1. The molecule has 6 nitrogen and oxygen atoms in total. The number of amides is 1. The van der Waals surface area contributed by atoms with Gasteiger partial charge in [0.05, 0.1) is 12.1 Å². The predicted octanol–water partition coefficient (Wildman–Crippen LogP) is 3.56. The Kier molecular flexibility index (Phi) is 4.03. The Morgan fingerprint density at radius 1 is 1.28 bits per heavy atom. The molecule has 25 heavy (non-hydrogen) atoms. The second-order valence-corrected chi connectivity index (χ2v) is 6.93. The number of aromatic nitrogens is 2. The first-order valence-corrected chi connectivity index (χ1v) is 8.77. The van der Waals surface area contributed by atoms with Gasteiger partial charge in [0.15, 0.2) is 0 Å². The van der Waals surface area contributed by atoms with E-state index < -0.39 is 0 Å². The van der Waals surface area contributed by atoms with Crippen LogP contribution in [0.5, 0.6) is 0 Å². The Hall–Kier alpha value is -2.63. The first kappa shape index (κ1) is 15.9. The molecule has 1 amide bonds. The quantitative estimate of drug-likeness (QED) is 0.923. The van der Waals surface area contributed by atoms with E-state index in [1.165, 1.54) is 11.1 Å². The molecule has 6 heteroatoms. The summed E-state index contributed by atoms with van der Waals surface area (Å²) in [6.45, 7) is 4.56. The maximum absolute atomic E-state index is 12.1. The average Bonchev–Trinajstić information content (AvgIpc) is 3.19. The molecule has 1 aromatic heterocycles. The maximum Gasteiger partial charge on any atom is 0.415 e. The fourth-order valence-corrected chi connectivity index (χ4v) is 3.61. The third-order valence-corrected chi connectivity index (χ3v) is 5.00. The van der Waals surface area contributed by atoms with E-state index in [2.05, 4.69) is 53.4 Å². The Bertz CT molecular complexity index is 792. The number of anilines is 2. The Morgan fingerprint density at radius 2 is 2.12 bits per heavy atom. The van der Waals surface area contributed by atoms with Crippen molar-refractivity contribution in [3.63, 3.8) is 0 Å². The number of cyclic esters (lactones) is 1. The molecule has 130 valence electrons. The van der Waals surface area contributed by atoms with Gasteiger partial charge in [-0.3, -0.25) is 4.90 Å². The standard InChI is InChI=1S/C19H22N4O2/c1-12(2)16-11-25-19(24)23(16)17-9-10-20-18(22-17)21-15-8-7-13-5-3-4-6-14(13)15/h3-6,9-10,12,15-16H,7-8,11H2,1-2H3,(H,20,21,22)/t15-,16-/m1/s1. The summed E-state index contributed by atoms with van der Waals surface area (Å²) in [6, 6.07) is 10.4. The molecule has 0 saturated carbocycles. The van der Waals surface area contributed by atoms with E-state index in [0.29, 0.717) is 24.3 Å². The number of benzene rings is 1. The molecule has 0 unspecified atom stereocenters. The van der Waals surface area contributed by atoms with Crippen LogP contribution in [0.15, 0.2) is 36.5 Å². The third kappa shape index (κ3) is 2.92. The predicted molar refractivity (Wildman–Crippen MR) is 95.6 cm³/mol. The number of nitrogens with zero attached hydrogens (tertiary/aromatic N) is 3. The van der Waals surface area contributed by atoms with Crippen LogP contribution in [0.3, 0.4) is 0 Å². The van der Waals surface area contributed by atoms with Gasteiger partial charge in [0, 0.05) is 6.20 Å². The number of hydrogen-bond donors (Lipinski definition) is 1. The normalized spacial score (nSPS) is 22.2. The number of aryl methyl sites for hydroxylation is 1. The van der Waals surface area contributed by atoms with E-state index in [0.717, 1.165) is 12.8 Å². The molecule has 0 bridgehead atoms. The topological polar surface area (TPSA) is 67.3 Å². The number of carbonyl (C=O) groups is 1. The largest absolute Gasteiger partial charge is 0.447 e. The van der Waals surface area contributed by atoms with Crippen LogP contribution in [0.2, 0.25) is 0 Å². The minimum atomic E-state index is -0.338. The van der Waals surface area contributed by atoms with Gasteiger partial charge in [-0.25, -0.2) is 9.78 Å². The highest BCUT2D eigenvalue weighted by molar-refractivity contribution is 5.89. The molecule has 1 aliphatic carbocycles. The fraction of sp³-hybridized carbons (Fsp3) is 0.421. The minimum Gasteiger partial charge on any atom is -0.447 e. The van der Waals surface area contributed by atoms with Gasteiger partial charge in [-0.05, 0) is 36.0 Å². The zero-order valence-electron chi connectivity index (χ0n) is 14.5. The van der Waals surface area contributed by atoms with Crippen molar-refractivity contribution in [3.05, 3.63) is 47.7 Å². The van der Waals surface area contributed by atoms with E-state index in [1.54, 1.807) is 17.2 Å². The molecular weight excluding hydrogens is 316 g/mol. The zero-order valence-corrected chi connectivity index (χ0v) is 14.5. The van der Waals surface area contributed by atoms with E-state index in [9.17, 15) is 4.79 Å². The lowest BCUT2D eigenvalue weighted by Crippen LogP contribution is -2.37. The van der Waals surface area contributed by atoms with Gasteiger partial charge >= 0.3 is 6.09 Å². The molecule has 1 aliphatic heterocycles. The van der Waals surface area contributed by atoms with Crippen molar-refractivity contribution in [2.75, 3.05) is 16.8 Å². The highest BCUT2D eigenvalue weighted by Crippen LogP contribution is 2.33. The van der Waals surface area contributed by atoms with Crippen LogP contribution >= 0.6 is 0 Å². The Morgan fingerprint density at radius 3 is 2.96 bits per heavy atom. The van der Waals surface area contributed by atoms with Crippen molar-refractivity contribution in [3.8, 4) is 0 Å². The summed E-state index contributed by atoms with van der Waals surface area (Å²) in [4.78, 5) is 22.7. The Labute approximate surface area is 147 Å². The smallest absolute Gasteiger partial charge is 0.415 e. The average molecular weight is 338 g/mol. The van der Waals surface area contributed by atoms with E-state index in [-0.39, 0.29) is 18.2 Å². The molecule has 2 aliphatic rings. The Balaban J connectivity index is 1.57. The van der Waals surface area contributed by atoms with Gasteiger partial charge in [0.2, 0.25) is 5.95 Å². The molecule has 4 rings (SSSR count). The second-order valence-electron chi connectivity index (χ2n) is 6.93. The van der Waals surface area contributed by atoms with Gasteiger partial charge in [-0.1, -0.05) is 38.1 Å². The van der Waals surface area contributed by atoms with E-state index in [4.69, 9.17) is 4.74 Å². The van der Waals surface area contributed by atoms with Crippen LogP contribution < -0.4 is 10.2 Å². The van der Waals surface area contributed by atoms with Gasteiger partial charge in [0.1, 0.15) is 12.4 Å². The first-order valence-electron chi connectivity index (χ1n) is 8.77. The highest BCUT2D eigenvalue weighted by atomic mass is 16.6. The molecule has 0 spiro atoms. The van der Waals surface area contributed by atoms with Crippen molar-refractivity contribution in [2.45, 2.75) is 38.8 Å². The first-order chi connectivity index (χ1) is 12.1. The third-order valence-electron chi connectivity index (χ3n) is 5.00. The van der Waals surface area contributed by atoms with Crippen molar-refractivity contribution in [2.24, 2.45) is 5.92 Å². The van der Waals surface area contributed by atoms with Crippen molar-refractivity contribution >= 4 is 17.9 Å². The van der Waals surface area contributed by atoms with Gasteiger partial charge in [0.25, 0.3) is 0 Å². The van der Waals surface area contributed by atoms with E-state index in [1.807, 2.05) is 0 Å². The van der Waals surface area contributed by atoms with Crippen molar-refractivity contribution in [1.82, 2.24) is 9.97 Å². The van der Waals surface area contributed by atoms with Gasteiger partial charge in [-0.15, -0.1) is 0 Å². The second kappa shape index (κ2) is 6.35. The molecular formula is C19H22N4O2. The molecule has 1 saturated heterocycles. The number of rotatable bonds is 4.